The van der Waals surface area contributed by atoms with Crippen molar-refractivity contribution in [3.63, 3.8) is 0 Å². The predicted molar refractivity (Wildman–Crippen MR) is 102 cm³/mol. The Morgan fingerprint density at radius 3 is 2.81 bits per heavy atom. The molecular formula is C17H13Cl2N7. The summed E-state index contributed by atoms with van der Waals surface area (Å²) in [5, 5.41) is 8.53. The van der Waals surface area contributed by atoms with Gasteiger partial charge in [-0.25, -0.2) is 19.5 Å². The number of rotatable bonds is 4. The molecule has 1 aromatic carbocycles. The Hall–Kier alpha value is -2.90. The molecule has 0 saturated heterocycles. The average Bonchev–Trinajstić information content (AvgIpc) is 2.98. The van der Waals surface area contributed by atoms with Crippen molar-refractivity contribution in [1.82, 2.24) is 24.6 Å². The van der Waals surface area contributed by atoms with Crippen molar-refractivity contribution in [2.24, 2.45) is 0 Å². The monoisotopic (exact) mass is 385 g/mol. The minimum atomic E-state index is 0.359. The molecule has 0 aliphatic rings. The quantitative estimate of drug-likeness (QED) is 0.556. The van der Waals surface area contributed by atoms with Gasteiger partial charge in [-0.1, -0.05) is 29.3 Å². The van der Waals surface area contributed by atoms with Crippen LogP contribution in [0.3, 0.4) is 0 Å². The fraction of sp³-hybridized carbons (Fsp3) is 0.0588. The Balaban J connectivity index is 1.62. The highest BCUT2D eigenvalue weighted by Gasteiger charge is 2.15. The van der Waals surface area contributed by atoms with E-state index in [-0.39, 0.29) is 0 Å². The predicted octanol–water partition coefficient (Wildman–Crippen LogP) is 3.69. The molecule has 0 unspecified atom stereocenters. The highest BCUT2D eigenvalue weighted by Crippen LogP contribution is 2.28. The molecule has 3 aromatic heterocycles. The van der Waals surface area contributed by atoms with Gasteiger partial charge in [-0.3, -0.25) is 0 Å². The van der Waals surface area contributed by atoms with Gasteiger partial charge in [-0.05, 0) is 23.8 Å². The van der Waals surface area contributed by atoms with Gasteiger partial charge in [0.05, 0.1) is 21.3 Å². The molecule has 9 heteroatoms. The van der Waals surface area contributed by atoms with Gasteiger partial charge >= 0.3 is 0 Å². The van der Waals surface area contributed by atoms with Gasteiger partial charge in [0.1, 0.15) is 12.1 Å². The van der Waals surface area contributed by atoms with Crippen molar-refractivity contribution in [3.8, 4) is 11.3 Å². The number of hydrogen-bond donors (Lipinski definition) is 2. The van der Waals surface area contributed by atoms with Crippen molar-refractivity contribution in [2.45, 2.75) is 6.54 Å². The Kier molecular flexibility index (Phi) is 4.32. The van der Waals surface area contributed by atoms with Gasteiger partial charge in [-0.15, -0.1) is 5.10 Å². The molecule has 0 aliphatic heterocycles. The molecule has 26 heavy (non-hydrogen) atoms. The van der Waals surface area contributed by atoms with E-state index in [0.29, 0.717) is 45.1 Å². The van der Waals surface area contributed by atoms with E-state index < -0.39 is 0 Å². The van der Waals surface area contributed by atoms with Crippen molar-refractivity contribution < 1.29 is 0 Å². The number of aromatic nitrogens is 5. The lowest BCUT2D eigenvalue weighted by molar-refractivity contribution is 0.945. The summed E-state index contributed by atoms with van der Waals surface area (Å²) in [6, 6.07) is 9.06. The fourth-order valence-corrected chi connectivity index (χ4v) is 2.90. The van der Waals surface area contributed by atoms with Gasteiger partial charge < -0.3 is 11.1 Å². The van der Waals surface area contributed by atoms with Crippen LogP contribution in [0.2, 0.25) is 10.0 Å². The lowest BCUT2D eigenvalue weighted by Crippen LogP contribution is -2.02. The van der Waals surface area contributed by atoms with E-state index in [1.807, 2.05) is 12.1 Å². The van der Waals surface area contributed by atoms with E-state index in [1.54, 1.807) is 35.1 Å². The standard InChI is InChI=1S/C17H13Cl2N7/c18-11-3-2-10(6-12(11)19)8-22-14-7-13(23-9-24-14)15-16(20)25-26-5-1-4-21-17(15)26/h1-7,9H,8H2,(H2,20,25)(H,22,23,24). The van der Waals surface area contributed by atoms with E-state index in [4.69, 9.17) is 28.9 Å². The summed E-state index contributed by atoms with van der Waals surface area (Å²) in [6.07, 6.45) is 4.94. The highest BCUT2D eigenvalue weighted by molar-refractivity contribution is 6.42. The maximum atomic E-state index is 6.05. The molecule has 7 nitrogen and oxygen atoms in total. The summed E-state index contributed by atoms with van der Waals surface area (Å²) in [6.45, 7) is 0.538. The van der Waals surface area contributed by atoms with Crippen LogP contribution in [-0.2, 0) is 6.54 Å². The first-order valence-corrected chi connectivity index (χ1v) is 8.46. The van der Waals surface area contributed by atoms with Gasteiger partial charge in [0.2, 0.25) is 0 Å². The molecule has 130 valence electrons. The molecule has 0 radical (unpaired) electrons. The molecule has 3 N–H and O–H groups in total. The van der Waals surface area contributed by atoms with Crippen LogP contribution in [0, 0.1) is 0 Å². The lowest BCUT2D eigenvalue weighted by atomic mass is 10.2. The third-order valence-corrected chi connectivity index (χ3v) is 4.54. The summed E-state index contributed by atoms with van der Waals surface area (Å²) in [5.41, 5.74) is 8.99. The first kappa shape index (κ1) is 16.6. The van der Waals surface area contributed by atoms with E-state index in [9.17, 15) is 0 Å². The summed E-state index contributed by atoms with van der Waals surface area (Å²) in [5.74, 6) is 1.01. The number of nitrogens with two attached hydrogens (primary N) is 1. The maximum absolute atomic E-state index is 6.05. The number of halogens is 2. The number of hydrogen-bond acceptors (Lipinski definition) is 6. The molecule has 0 saturated carbocycles. The fourth-order valence-electron chi connectivity index (χ4n) is 2.58. The molecule has 0 spiro atoms. The number of anilines is 2. The Morgan fingerprint density at radius 2 is 1.96 bits per heavy atom. The summed E-state index contributed by atoms with van der Waals surface area (Å²) >= 11 is 12.0. The van der Waals surface area contributed by atoms with Crippen LogP contribution in [0.15, 0.2) is 49.1 Å². The van der Waals surface area contributed by atoms with Crippen LogP contribution in [-0.4, -0.2) is 24.6 Å². The van der Waals surface area contributed by atoms with Gasteiger partial charge in [0, 0.05) is 25.0 Å². The largest absolute Gasteiger partial charge is 0.382 e. The molecule has 0 amide bonds. The van der Waals surface area contributed by atoms with Gasteiger partial charge in [0.15, 0.2) is 11.5 Å². The van der Waals surface area contributed by atoms with E-state index in [2.05, 4.69) is 25.4 Å². The smallest absolute Gasteiger partial charge is 0.166 e. The van der Waals surface area contributed by atoms with Crippen LogP contribution in [0.25, 0.3) is 16.9 Å². The number of nitrogens with zero attached hydrogens (tertiary/aromatic N) is 5. The second-order valence-electron chi connectivity index (χ2n) is 5.54. The minimum absolute atomic E-state index is 0.359. The van der Waals surface area contributed by atoms with Gasteiger partial charge in [0.25, 0.3) is 0 Å². The zero-order valence-corrected chi connectivity index (χ0v) is 14.9. The van der Waals surface area contributed by atoms with Crippen LogP contribution < -0.4 is 11.1 Å². The molecule has 4 aromatic rings. The molecule has 0 atom stereocenters. The zero-order valence-electron chi connectivity index (χ0n) is 13.4. The second-order valence-corrected chi connectivity index (χ2v) is 6.35. The molecule has 4 rings (SSSR count). The number of benzene rings is 1. The van der Waals surface area contributed by atoms with Crippen LogP contribution in [0.1, 0.15) is 5.56 Å². The molecule has 0 fully saturated rings. The third kappa shape index (κ3) is 3.14. The van der Waals surface area contributed by atoms with Crippen LogP contribution >= 0.6 is 23.2 Å². The van der Waals surface area contributed by atoms with Crippen molar-refractivity contribution in [1.29, 1.82) is 0 Å². The van der Waals surface area contributed by atoms with Crippen molar-refractivity contribution in [2.75, 3.05) is 11.1 Å². The topological polar surface area (TPSA) is 94.0 Å². The zero-order chi connectivity index (χ0) is 18.1. The minimum Gasteiger partial charge on any atom is -0.382 e. The van der Waals surface area contributed by atoms with E-state index in [1.165, 1.54) is 6.33 Å². The number of fused-ring (bicyclic) bond motifs is 1. The first-order valence-electron chi connectivity index (χ1n) is 7.71. The Labute approximate surface area is 158 Å². The summed E-state index contributed by atoms with van der Waals surface area (Å²) < 4.78 is 1.62. The highest BCUT2D eigenvalue weighted by atomic mass is 35.5. The van der Waals surface area contributed by atoms with Crippen molar-refractivity contribution in [3.05, 3.63) is 64.7 Å². The maximum Gasteiger partial charge on any atom is 0.166 e. The van der Waals surface area contributed by atoms with Crippen LogP contribution in [0.5, 0.6) is 0 Å². The van der Waals surface area contributed by atoms with Crippen LogP contribution in [0.4, 0.5) is 11.6 Å². The average molecular weight is 386 g/mol. The molecular weight excluding hydrogens is 373 g/mol. The summed E-state index contributed by atoms with van der Waals surface area (Å²) in [7, 11) is 0. The third-order valence-electron chi connectivity index (χ3n) is 3.80. The molecule has 0 bridgehead atoms. The summed E-state index contributed by atoms with van der Waals surface area (Å²) in [4.78, 5) is 12.9. The SMILES string of the molecule is Nc1nn2cccnc2c1-c1cc(NCc2ccc(Cl)c(Cl)c2)ncn1. The normalized spacial score (nSPS) is 11.0. The lowest BCUT2D eigenvalue weighted by Gasteiger charge is -2.08. The first-order chi connectivity index (χ1) is 12.6. The second kappa shape index (κ2) is 6.78. The number of nitrogens with one attached hydrogen (secondary N) is 1. The van der Waals surface area contributed by atoms with Gasteiger partial charge in [-0.2, -0.15) is 0 Å². The Morgan fingerprint density at radius 1 is 1.08 bits per heavy atom. The van der Waals surface area contributed by atoms with E-state index >= 15 is 0 Å². The molecule has 3 heterocycles. The van der Waals surface area contributed by atoms with E-state index in [0.717, 1.165) is 5.56 Å². The van der Waals surface area contributed by atoms with Crippen molar-refractivity contribution >= 4 is 40.5 Å². The number of nitrogen functional groups attached to an aromatic ring is 1. The Bertz CT molecular complexity index is 1090. The molecule has 0 aliphatic carbocycles.